The number of aromatic nitrogens is 5. The Morgan fingerprint density at radius 3 is 2.75 bits per heavy atom. The summed E-state index contributed by atoms with van der Waals surface area (Å²) in [5, 5.41) is 4.82. The highest BCUT2D eigenvalue weighted by Crippen LogP contribution is 2.29. The van der Waals surface area contributed by atoms with E-state index < -0.39 is 0 Å². The Hall–Kier alpha value is -3.12. The van der Waals surface area contributed by atoms with E-state index in [1.54, 1.807) is 12.4 Å². The van der Waals surface area contributed by atoms with Gasteiger partial charge in [0.25, 0.3) is 0 Å². The van der Waals surface area contributed by atoms with E-state index in [1.807, 2.05) is 16.8 Å². The Bertz CT molecular complexity index is 1060. The molecule has 1 unspecified atom stereocenters. The van der Waals surface area contributed by atoms with Crippen molar-refractivity contribution in [2.24, 2.45) is 0 Å². The monoisotopic (exact) mass is 370 g/mol. The van der Waals surface area contributed by atoms with Crippen LogP contribution in [0.15, 0.2) is 67.4 Å². The van der Waals surface area contributed by atoms with Crippen LogP contribution in [-0.2, 0) is 6.54 Å². The number of hydrogen-bond acceptors (Lipinski definition) is 5. The van der Waals surface area contributed by atoms with Crippen LogP contribution in [0.1, 0.15) is 30.0 Å². The highest BCUT2D eigenvalue weighted by atomic mass is 15.3. The molecule has 1 aromatic carbocycles. The van der Waals surface area contributed by atoms with Crippen LogP contribution in [0.3, 0.4) is 0 Å². The third-order valence-electron chi connectivity index (χ3n) is 5.42. The molecule has 6 heteroatoms. The number of fused-ring (bicyclic) bond motifs is 1. The lowest BCUT2D eigenvalue weighted by Crippen LogP contribution is -2.34. The molecule has 140 valence electrons. The van der Waals surface area contributed by atoms with Crippen LogP contribution in [0.25, 0.3) is 16.9 Å². The summed E-state index contributed by atoms with van der Waals surface area (Å²) in [7, 11) is 0. The van der Waals surface area contributed by atoms with Gasteiger partial charge in [-0.25, -0.2) is 19.5 Å². The molecular formula is C22H22N6. The lowest BCUT2D eigenvalue weighted by molar-refractivity contribution is 0.197. The normalized spacial score (nSPS) is 17.8. The highest BCUT2D eigenvalue weighted by Gasteiger charge is 2.24. The van der Waals surface area contributed by atoms with Gasteiger partial charge in [0, 0.05) is 49.2 Å². The number of hydrogen-bond donors (Lipinski definition) is 0. The second-order valence-electron chi connectivity index (χ2n) is 7.36. The predicted molar refractivity (Wildman–Crippen MR) is 108 cm³/mol. The van der Waals surface area contributed by atoms with E-state index in [0.717, 1.165) is 36.5 Å². The minimum atomic E-state index is 0.447. The molecule has 5 rings (SSSR count). The molecule has 0 spiro atoms. The number of piperidine rings is 1. The molecule has 3 aromatic heterocycles. The van der Waals surface area contributed by atoms with Crippen LogP contribution in [0.2, 0.25) is 0 Å². The fourth-order valence-electron chi connectivity index (χ4n) is 4.08. The van der Waals surface area contributed by atoms with Crippen LogP contribution in [0.5, 0.6) is 0 Å². The number of nitrogens with zero attached hydrogens (tertiary/aromatic N) is 6. The van der Waals surface area contributed by atoms with Gasteiger partial charge in [-0.1, -0.05) is 30.3 Å². The van der Waals surface area contributed by atoms with E-state index in [1.165, 1.54) is 30.4 Å². The molecule has 0 radical (unpaired) electrons. The van der Waals surface area contributed by atoms with Gasteiger partial charge in [-0.15, -0.1) is 0 Å². The largest absolute Gasteiger partial charge is 0.298 e. The molecule has 1 fully saturated rings. The molecule has 1 atom stereocenters. The standard InChI is InChI=1S/C22H22N6/c1-2-5-17(6-3-1)14-27-10-4-7-18(15-27)21-8-9-25-22-11-20(26-28(21)22)19-12-23-16-24-13-19/h1-3,5-6,8-9,11-13,16,18H,4,7,10,14-15H2. The van der Waals surface area contributed by atoms with Crippen molar-refractivity contribution in [2.45, 2.75) is 25.3 Å². The van der Waals surface area contributed by atoms with Gasteiger partial charge in [-0.3, -0.25) is 4.90 Å². The molecule has 1 saturated heterocycles. The Morgan fingerprint density at radius 2 is 1.89 bits per heavy atom. The zero-order valence-corrected chi connectivity index (χ0v) is 15.6. The summed E-state index contributed by atoms with van der Waals surface area (Å²) < 4.78 is 2.00. The molecular weight excluding hydrogens is 348 g/mol. The van der Waals surface area contributed by atoms with Crippen LogP contribution < -0.4 is 0 Å². The number of benzene rings is 1. The number of likely N-dealkylation sites (tertiary alicyclic amines) is 1. The smallest absolute Gasteiger partial charge is 0.155 e. The minimum Gasteiger partial charge on any atom is -0.298 e. The van der Waals surface area contributed by atoms with Crippen molar-refractivity contribution >= 4 is 5.65 Å². The first-order valence-corrected chi connectivity index (χ1v) is 9.73. The van der Waals surface area contributed by atoms with Crippen LogP contribution >= 0.6 is 0 Å². The van der Waals surface area contributed by atoms with Gasteiger partial charge in [0.15, 0.2) is 5.65 Å². The minimum absolute atomic E-state index is 0.447. The fraction of sp³-hybridized carbons (Fsp3) is 0.273. The summed E-state index contributed by atoms with van der Waals surface area (Å²) in [6.45, 7) is 3.18. The van der Waals surface area contributed by atoms with E-state index in [-0.39, 0.29) is 0 Å². The topological polar surface area (TPSA) is 59.2 Å². The molecule has 6 nitrogen and oxygen atoms in total. The summed E-state index contributed by atoms with van der Waals surface area (Å²) >= 11 is 0. The zero-order chi connectivity index (χ0) is 18.8. The molecule has 1 aliphatic heterocycles. The van der Waals surface area contributed by atoms with Crippen LogP contribution in [-0.4, -0.2) is 42.6 Å². The molecule has 0 amide bonds. The van der Waals surface area contributed by atoms with Crippen LogP contribution in [0.4, 0.5) is 0 Å². The maximum absolute atomic E-state index is 4.82. The Balaban J connectivity index is 1.43. The van der Waals surface area contributed by atoms with Gasteiger partial charge in [0.1, 0.15) is 6.33 Å². The van der Waals surface area contributed by atoms with Crippen molar-refractivity contribution in [3.05, 3.63) is 78.6 Å². The SMILES string of the molecule is c1ccc(CN2CCCC(c3ccnc4cc(-c5cncnc5)nn34)C2)cc1. The van der Waals surface area contributed by atoms with Crippen molar-refractivity contribution in [2.75, 3.05) is 13.1 Å². The Labute approximate surface area is 163 Å². The van der Waals surface area contributed by atoms with Gasteiger partial charge in [-0.05, 0) is 31.0 Å². The van der Waals surface area contributed by atoms with Crippen molar-refractivity contribution in [1.82, 2.24) is 29.5 Å². The first-order valence-electron chi connectivity index (χ1n) is 9.73. The van der Waals surface area contributed by atoms with E-state index in [4.69, 9.17) is 5.10 Å². The van der Waals surface area contributed by atoms with Crippen molar-refractivity contribution in [1.29, 1.82) is 0 Å². The third-order valence-corrected chi connectivity index (χ3v) is 5.42. The molecule has 28 heavy (non-hydrogen) atoms. The van der Waals surface area contributed by atoms with E-state index in [2.05, 4.69) is 56.3 Å². The summed E-state index contributed by atoms with van der Waals surface area (Å²) in [4.78, 5) is 15.3. The molecule has 0 aliphatic carbocycles. The average Bonchev–Trinajstić information content (AvgIpc) is 3.20. The average molecular weight is 370 g/mol. The van der Waals surface area contributed by atoms with Crippen molar-refractivity contribution in [3.63, 3.8) is 0 Å². The van der Waals surface area contributed by atoms with Gasteiger partial charge >= 0.3 is 0 Å². The zero-order valence-electron chi connectivity index (χ0n) is 15.6. The van der Waals surface area contributed by atoms with Gasteiger partial charge in [0.05, 0.1) is 11.4 Å². The van der Waals surface area contributed by atoms with E-state index in [9.17, 15) is 0 Å². The third kappa shape index (κ3) is 3.39. The van der Waals surface area contributed by atoms with Gasteiger partial charge in [0.2, 0.25) is 0 Å². The lowest BCUT2D eigenvalue weighted by atomic mass is 9.94. The second-order valence-corrected chi connectivity index (χ2v) is 7.36. The maximum Gasteiger partial charge on any atom is 0.155 e. The Morgan fingerprint density at radius 1 is 1.04 bits per heavy atom. The summed E-state index contributed by atoms with van der Waals surface area (Å²) in [6, 6.07) is 14.8. The first kappa shape index (κ1) is 17.0. The molecule has 4 aromatic rings. The quantitative estimate of drug-likeness (QED) is 0.550. The molecule has 0 saturated carbocycles. The van der Waals surface area contributed by atoms with Crippen molar-refractivity contribution in [3.8, 4) is 11.3 Å². The molecule has 0 N–H and O–H groups in total. The summed E-state index contributed by atoms with van der Waals surface area (Å²) in [6.07, 6.45) is 9.38. The molecule has 4 heterocycles. The lowest BCUT2D eigenvalue weighted by Gasteiger charge is -2.33. The van der Waals surface area contributed by atoms with Gasteiger partial charge in [-0.2, -0.15) is 5.10 Å². The summed E-state index contributed by atoms with van der Waals surface area (Å²) in [5.74, 6) is 0.447. The van der Waals surface area contributed by atoms with E-state index in [0.29, 0.717) is 5.92 Å². The molecule has 0 bridgehead atoms. The first-order chi connectivity index (χ1) is 13.9. The highest BCUT2D eigenvalue weighted by molar-refractivity contribution is 5.62. The van der Waals surface area contributed by atoms with E-state index >= 15 is 0 Å². The van der Waals surface area contributed by atoms with Gasteiger partial charge < -0.3 is 0 Å². The molecule has 1 aliphatic rings. The Kier molecular flexibility index (Phi) is 4.54. The second kappa shape index (κ2) is 7.48. The predicted octanol–water partition coefficient (Wildman–Crippen LogP) is 3.57. The fourth-order valence-corrected chi connectivity index (χ4v) is 4.08. The summed E-state index contributed by atoms with van der Waals surface area (Å²) in [5.41, 5.74) is 5.24. The van der Waals surface area contributed by atoms with Crippen LogP contribution in [0, 0.1) is 0 Å². The number of rotatable bonds is 4. The van der Waals surface area contributed by atoms with Crippen molar-refractivity contribution < 1.29 is 0 Å². The maximum atomic E-state index is 4.82.